The summed E-state index contributed by atoms with van der Waals surface area (Å²) in [6, 6.07) is 19.5. The van der Waals surface area contributed by atoms with E-state index in [9.17, 15) is 4.79 Å². The first-order chi connectivity index (χ1) is 16.2. The Balaban J connectivity index is 1.28. The Hall–Kier alpha value is -3.22. The molecule has 0 fully saturated rings. The summed E-state index contributed by atoms with van der Waals surface area (Å²) in [6.45, 7) is 5.66. The second-order valence-corrected chi connectivity index (χ2v) is 9.70. The lowest BCUT2D eigenvalue weighted by Gasteiger charge is -2.28. The molecule has 6 heteroatoms. The van der Waals surface area contributed by atoms with E-state index in [2.05, 4.69) is 69.0 Å². The Morgan fingerprint density at radius 2 is 1.88 bits per heavy atom. The van der Waals surface area contributed by atoms with Crippen molar-refractivity contribution < 1.29 is 0 Å². The van der Waals surface area contributed by atoms with Crippen molar-refractivity contribution in [3.63, 3.8) is 0 Å². The van der Waals surface area contributed by atoms with E-state index in [1.807, 2.05) is 18.5 Å². The summed E-state index contributed by atoms with van der Waals surface area (Å²) in [5.41, 5.74) is 7.31. The zero-order valence-electron chi connectivity index (χ0n) is 18.7. The van der Waals surface area contributed by atoms with Crippen molar-refractivity contribution in [3.8, 4) is 0 Å². The molecule has 5 nitrogen and oxygen atoms in total. The van der Waals surface area contributed by atoms with E-state index in [1.165, 1.54) is 39.1 Å². The Kier molecular flexibility index (Phi) is 5.12. The van der Waals surface area contributed by atoms with Gasteiger partial charge in [0.05, 0.1) is 0 Å². The molecule has 0 saturated heterocycles. The number of hydrogen-bond acceptors (Lipinski definition) is 4. The van der Waals surface area contributed by atoms with Gasteiger partial charge in [-0.3, -0.25) is 14.1 Å². The highest BCUT2D eigenvalue weighted by atomic mass is 32.1. The topological polar surface area (TPSA) is 42.5 Å². The smallest absolute Gasteiger partial charge is 0.261 e. The quantitative estimate of drug-likeness (QED) is 0.388. The van der Waals surface area contributed by atoms with E-state index >= 15 is 0 Å². The second-order valence-electron chi connectivity index (χ2n) is 8.83. The molecule has 6 rings (SSSR count). The van der Waals surface area contributed by atoms with Gasteiger partial charge in [0.2, 0.25) is 0 Å². The van der Waals surface area contributed by atoms with Crippen LogP contribution in [0.4, 0.5) is 0 Å². The van der Waals surface area contributed by atoms with Gasteiger partial charge >= 0.3 is 0 Å². The zero-order chi connectivity index (χ0) is 22.4. The van der Waals surface area contributed by atoms with Crippen LogP contribution in [-0.2, 0) is 25.9 Å². The molecule has 4 heterocycles. The molecule has 0 amide bonds. The van der Waals surface area contributed by atoms with Crippen LogP contribution in [0.1, 0.15) is 28.1 Å². The molecule has 0 atom stereocenters. The molecule has 1 aliphatic rings. The fourth-order valence-electron chi connectivity index (χ4n) is 5.17. The molecule has 33 heavy (non-hydrogen) atoms. The van der Waals surface area contributed by atoms with Crippen LogP contribution in [0.3, 0.4) is 0 Å². The monoisotopic (exact) mass is 454 g/mol. The van der Waals surface area contributed by atoms with Crippen LogP contribution in [0, 0.1) is 6.92 Å². The highest BCUT2D eigenvalue weighted by Gasteiger charge is 2.24. The normalized spacial score (nSPS) is 14.2. The lowest BCUT2D eigenvalue weighted by atomic mass is 10.0. The first-order valence-corrected chi connectivity index (χ1v) is 12.4. The summed E-state index contributed by atoms with van der Waals surface area (Å²) >= 11 is 1.51. The maximum atomic E-state index is 12.9. The van der Waals surface area contributed by atoms with Gasteiger partial charge in [-0.25, -0.2) is 4.98 Å². The van der Waals surface area contributed by atoms with Crippen LogP contribution >= 0.6 is 11.3 Å². The number of aromatic nitrogens is 3. The number of para-hydroxylation sites is 1. The van der Waals surface area contributed by atoms with E-state index in [0.717, 1.165) is 55.2 Å². The SMILES string of the molecule is Cc1nc2sccn2c(=O)c1CCN1CCc2c(c3ccccc3n2Cc2ccccc2)C1. The summed E-state index contributed by atoms with van der Waals surface area (Å²) in [4.78, 5) is 20.8. The van der Waals surface area contributed by atoms with Crippen molar-refractivity contribution >= 4 is 27.2 Å². The molecule has 1 aliphatic heterocycles. The predicted molar refractivity (Wildman–Crippen MR) is 134 cm³/mol. The summed E-state index contributed by atoms with van der Waals surface area (Å²) in [7, 11) is 0. The summed E-state index contributed by atoms with van der Waals surface area (Å²) in [6.07, 6.45) is 3.58. The third-order valence-corrected chi connectivity index (χ3v) is 7.63. The zero-order valence-corrected chi connectivity index (χ0v) is 19.5. The summed E-state index contributed by atoms with van der Waals surface area (Å²) in [5, 5.41) is 3.27. The van der Waals surface area contributed by atoms with Gasteiger partial charge in [-0.2, -0.15) is 0 Å². The Labute approximate surface area is 196 Å². The summed E-state index contributed by atoms with van der Waals surface area (Å²) < 4.78 is 4.18. The Bertz CT molecular complexity index is 1510. The third-order valence-electron chi connectivity index (χ3n) is 6.87. The molecular formula is C27H26N4OS. The van der Waals surface area contributed by atoms with E-state index < -0.39 is 0 Å². The molecule has 0 radical (unpaired) electrons. The van der Waals surface area contributed by atoms with Gasteiger partial charge in [-0.05, 0) is 30.5 Å². The molecule has 5 aromatic rings. The third kappa shape index (κ3) is 3.59. The van der Waals surface area contributed by atoms with E-state index in [0.29, 0.717) is 0 Å². The van der Waals surface area contributed by atoms with E-state index in [-0.39, 0.29) is 5.56 Å². The molecule has 3 aromatic heterocycles. The van der Waals surface area contributed by atoms with Gasteiger partial charge in [-0.1, -0.05) is 48.5 Å². The first kappa shape index (κ1) is 20.4. The highest BCUT2D eigenvalue weighted by molar-refractivity contribution is 7.15. The second kappa shape index (κ2) is 8.28. The lowest BCUT2D eigenvalue weighted by molar-refractivity contribution is 0.255. The Morgan fingerprint density at radius 1 is 1.06 bits per heavy atom. The fourth-order valence-corrected chi connectivity index (χ4v) is 5.92. The number of benzene rings is 2. The van der Waals surface area contributed by atoms with Gasteiger partial charge in [-0.15, -0.1) is 11.3 Å². The van der Waals surface area contributed by atoms with Crippen molar-refractivity contribution in [3.05, 3.63) is 105 Å². The lowest BCUT2D eigenvalue weighted by Crippen LogP contribution is -2.34. The predicted octanol–water partition coefficient (Wildman–Crippen LogP) is 4.67. The number of thiazole rings is 1. The van der Waals surface area contributed by atoms with Crippen LogP contribution in [0.15, 0.2) is 71.0 Å². The van der Waals surface area contributed by atoms with Crippen molar-refractivity contribution in [1.29, 1.82) is 0 Å². The van der Waals surface area contributed by atoms with Crippen molar-refractivity contribution in [2.75, 3.05) is 13.1 Å². The van der Waals surface area contributed by atoms with Crippen LogP contribution in [-0.4, -0.2) is 31.9 Å². The molecule has 0 bridgehead atoms. The van der Waals surface area contributed by atoms with Gasteiger partial charge in [0, 0.05) is 72.0 Å². The minimum Gasteiger partial charge on any atom is -0.340 e. The van der Waals surface area contributed by atoms with Crippen LogP contribution in [0.25, 0.3) is 15.9 Å². The number of rotatable bonds is 5. The van der Waals surface area contributed by atoms with Crippen molar-refractivity contribution in [2.24, 2.45) is 0 Å². The summed E-state index contributed by atoms with van der Waals surface area (Å²) in [5.74, 6) is 0. The van der Waals surface area contributed by atoms with Gasteiger partial charge in [0.15, 0.2) is 4.96 Å². The van der Waals surface area contributed by atoms with Crippen molar-refractivity contribution in [2.45, 2.75) is 32.9 Å². The molecule has 2 aromatic carbocycles. The molecule has 0 spiro atoms. The van der Waals surface area contributed by atoms with Crippen molar-refractivity contribution in [1.82, 2.24) is 18.9 Å². The maximum Gasteiger partial charge on any atom is 0.261 e. The fraction of sp³-hybridized carbons (Fsp3) is 0.259. The molecule has 0 aliphatic carbocycles. The van der Waals surface area contributed by atoms with Gasteiger partial charge in [0.25, 0.3) is 5.56 Å². The van der Waals surface area contributed by atoms with E-state index in [1.54, 1.807) is 4.40 Å². The number of aryl methyl sites for hydroxylation is 1. The maximum absolute atomic E-state index is 12.9. The van der Waals surface area contributed by atoms with Crippen LogP contribution in [0.2, 0.25) is 0 Å². The average molecular weight is 455 g/mol. The van der Waals surface area contributed by atoms with Gasteiger partial charge < -0.3 is 4.57 Å². The number of fused-ring (bicyclic) bond motifs is 4. The largest absolute Gasteiger partial charge is 0.340 e. The molecule has 0 N–H and O–H groups in total. The minimum atomic E-state index is 0.0795. The number of hydrogen-bond donors (Lipinski definition) is 0. The first-order valence-electron chi connectivity index (χ1n) is 11.5. The highest BCUT2D eigenvalue weighted by Crippen LogP contribution is 2.31. The molecular weight excluding hydrogens is 428 g/mol. The molecule has 0 unspecified atom stereocenters. The average Bonchev–Trinajstić information content (AvgIpc) is 3.43. The molecule has 166 valence electrons. The Morgan fingerprint density at radius 3 is 2.76 bits per heavy atom. The van der Waals surface area contributed by atoms with Gasteiger partial charge in [0.1, 0.15) is 0 Å². The number of nitrogens with zero attached hydrogens (tertiary/aromatic N) is 4. The standard InChI is InChI=1S/C27H26N4OS/c1-19-21(26(32)30-15-16-33-27(30)28-19)11-13-29-14-12-25-23(18-29)22-9-5-6-10-24(22)31(25)17-20-7-3-2-4-8-20/h2-10,15-16H,11-14,17-18H2,1H3. The minimum absolute atomic E-state index is 0.0795. The van der Waals surface area contributed by atoms with Crippen LogP contribution < -0.4 is 5.56 Å². The van der Waals surface area contributed by atoms with E-state index in [4.69, 9.17) is 0 Å². The van der Waals surface area contributed by atoms with Crippen LogP contribution in [0.5, 0.6) is 0 Å². The molecule has 0 saturated carbocycles.